The summed E-state index contributed by atoms with van der Waals surface area (Å²) >= 11 is 0. The number of pyridine rings is 1. The van der Waals surface area contributed by atoms with Crippen LogP contribution in [-0.2, 0) is 17.8 Å². The van der Waals surface area contributed by atoms with Gasteiger partial charge in [0.1, 0.15) is 11.9 Å². The number of carbonyl (C=O) groups excluding carboxylic acids is 1. The third kappa shape index (κ3) is 4.43. The van der Waals surface area contributed by atoms with Crippen LogP contribution < -0.4 is 15.4 Å². The van der Waals surface area contributed by atoms with Crippen molar-refractivity contribution in [2.45, 2.75) is 49.7 Å². The molecule has 1 saturated carbocycles. The highest BCUT2D eigenvalue weighted by molar-refractivity contribution is 6.01. The average molecular weight is 460 g/mol. The molecule has 3 aliphatic rings. The Morgan fingerprint density at radius 2 is 2.00 bits per heavy atom. The smallest absolute Gasteiger partial charge is 0.269 e. The summed E-state index contributed by atoms with van der Waals surface area (Å²) in [6.45, 7) is 2.25. The van der Waals surface area contributed by atoms with Crippen molar-refractivity contribution >= 4 is 11.6 Å². The molecule has 2 atom stereocenters. The lowest BCUT2D eigenvalue weighted by Gasteiger charge is -2.47. The van der Waals surface area contributed by atoms with Crippen molar-refractivity contribution in [3.63, 3.8) is 0 Å². The Hall–Kier alpha value is -2.66. The molecule has 0 bridgehead atoms. The van der Waals surface area contributed by atoms with E-state index >= 15 is 0 Å². The van der Waals surface area contributed by atoms with Crippen LogP contribution in [0.15, 0.2) is 36.5 Å². The van der Waals surface area contributed by atoms with Gasteiger partial charge in [0.15, 0.2) is 0 Å². The minimum Gasteiger partial charge on any atom is -0.459 e. The monoisotopic (exact) mass is 460 g/mol. The Labute approximate surface area is 189 Å². The molecular formula is C23H26F2N4O4. The molecule has 0 saturated heterocycles. The number of nitrogens with one attached hydrogen (secondary N) is 2. The van der Waals surface area contributed by atoms with Gasteiger partial charge in [-0.15, -0.1) is 0 Å². The molecule has 0 radical (unpaired) electrons. The fraction of sp³-hybridized carbons (Fsp3) is 0.478. The lowest BCUT2D eigenvalue weighted by atomic mass is 9.75. The van der Waals surface area contributed by atoms with Gasteiger partial charge in [0.2, 0.25) is 11.5 Å². The molecule has 2 aliphatic heterocycles. The Bertz CT molecular complexity index is 1060. The number of halogens is 2. The van der Waals surface area contributed by atoms with Crippen LogP contribution in [0, 0.1) is 0 Å². The van der Waals surface area contributed by atoms with Gasteiger partial charge in [-0.3, -0.25) is 15.0 Å². The molecule has 33 heavy (non-hydrogen) atoms. The van der Waals surface area contributed by atoms with E-state index in [1.165, 1.54) is 23.4 Å². The summed E-state index contributed by atoms with van der Waals surface area (Å²) in [6.07, 6.45) is -0.906. The van der Waals surface area contributed by atoms with Crippen molar-refractivity contribution in [3.05, 3.63) is 53.2 Å². The van der Waals surface area contributed by atoms with Crippen LogP contribution >= 0.6 is 0 Å². The highest BCUT2D eigenvalue weighted by Gasteiger charge is 2.64. The second-order valence-electron chi connectivity index (χ2n) is 9.10. The summed E-state index contributed by atoms with van der Waals surface area (Å²) in [7, 11) is 0. The first-order valence-corrected chi connectivity index (χ1v) is 11.0. The molecule has 8 nitrogen and oxygen atoms in total. The van der Waals surface area contributed by atoms with Crippen LogP contribution in [0.2, 0.25) is 0 Å². The Morgan fingerprint density at radius 1 is 1.24 bits per heavy atom. The summed E-state index contributed by atoms with van der Waals surface area (Å²) in [5.74, 6) is -3.51. The largest absolute Gasteiger partial charge is 0.459 e. The summed E-state index contributed by atoms with van der Waals surface area (Å²) in [5, 5.41) is 26.3. The number of fused-ring (bicyclic) bond motifs is 2. The highest BCUT2D eigenvalue weighted by atomic mass is 19.3. The van der Waals surface area contributed by atoms with Gasteiger partial charge in [0.05, 0.1) is 18.9 Å². The lowest BCUT2D eigenvalue weighted by molar-refractivity contribution is -0.197. The van der Waals surface area contributed by atoms with Gasteiger partial charge in [-0.25, -0.2) is 13.8 Å². The number of alkyl halides is 2. The number of hydrogen-bond donors (Lipinski definition) is 4. The topological polar surface area (TPSA) is 107 Å². The Morgan fingerprint density at radius 3 is 2.76 bits per heavy atom. The van der Waals surface area contributed by atoms with Crippen LogP contribution in [0.1, 0.15) is 35.8 Å². The number of amides is 1. The van der Waals surface area contributed by atoms with Crippen molar-refractivity contribution in [1.29, 1.82) is 0 Å². The SMILES string of the molecule is O=C1Nc2cc(C(O)NC[C@H](O)CN3CCc4ccccc4C3)cnc2OC12CC(F)(F)C2. The fourth-order valence-corrected chi connectivity index (χ4v) is 4.71. The maximum atomic E-state index is 13.3. The predicted octanol–water partition coefficient (Wildman–Crippen LogP) is 1.58. The third-order valence-corrected chi connectivity index (χ3v) is 6.46. The summed E-state index contributed by atoms with van der Waals surface area (Å²) < 4.78 is 32.1. The van der Waals surface area contributed by atoms with Crippen molar-refractivity contribution in [2.75, 3.05) is 25.0 Å². The number of aliphatic hydroxyl groups excluding tert-OH is 2. The zero-order valence-electron chi connectivity index (χ0n) is 17.9. The lowest BCUT2D eigenvalue weighted by Crippen LogP contribution is -2.64. The Balaban J connectivity index is 1.15. The molecule has 10 heteroatoms. The van der Waals surface area contributed by atoms with Crippen LogP contribution in [0.4, 0.5) is 14.5 Å². The van der Waals surface area contributed by atoms with Crippen molar-refractivity contribution in [3.8, 4) is 5.88 Å². The van der Waals surface area contributed by atoms with E-state index in [1.807, 2.05) is 12.1 Å². The summed E-state index contributed by atoms with van der Waals surface area (Å²) in [6, 6.07) is 9.75. The molecule has 1 aliphatic carbocycles. The maximum Gasteiger partial charge on any atom is 0.269 e. The third-order valence-electron chi connectivity index (χ3n) is 6.46. The van der Waals surface area contributed by atoms with Crippen molar-refractivity contribution < 1.29 is 28.5 Å². The molecule has 1 aromatic heterocycles. The standard InChI is InChI=1S/C23H26F2N4O4/c24-23(25)12-22(13-23)21(32)28-18-7-16(8-27-20(18)33-22)19(31)26-9-17(30)11-29-6-5-14-3-1-2-4-15(14)10-29/h1-4,7-8,17,19,26,30-31H,5-6,9-13H2,(H,28,32)/t17-,19?/m0/s1. The molecule has 1 aromatic carbocycles. The van der Waals surface area contributed by atoms with Gasteiger partial charge >= 0.3 is 0 Å². The van der Waals surface area contributed by atoms with E-state index < -0.39 is 42.6 Å². The van der Waals surface area contributed by atoms with E-state index in [9.17, 15) is 23.8 Å². The first kappa shape index (κ1) is 22.1. The van der Waals surface area contributed by atoms with Crippen LogP contribution in [0.5, 0.6) is 5.88 Å². The molecule has 3 heterocycles. The minimum absolute atomic E-state index is 0.0477. The summed E-state index contributed by atoms with van der Waals surface area (Å²) in [4.78, 5) is 18.6. The number of rotatable bonds is 6. The number of β-amino-alcohol motifs (C(OH)–C–C–N with tert-alkyl or cyclic N) is 1. The molecule has 1 amide bonds. The quantitative estimate of drug-likeness (QED) is 0.485. The van der Waals surface area contributed by atoms with E-state index in [0.29, 0.717) is 12.1 Å². The highest BCUT2D eigenvalue weighted by Crippen LogP contribution is 2.51. The van der Waals surface area contributed by atoms with Crippen LogP contribution in [0.25, 0.3) is 0 Å². The average Bonchev–Trinajstić information content (AvgIpc) is 2.76. The van der Waals surface area contributed by atoms with Crippen LogP contribution in [-0.4, -0.2) is 63.3 Å². The van der Waals surface area contributed by atoms with E-state index in [1.54, 1.807) is 0 Å². The normalized spacial score (nSPS) is 22.4. The zero-order chi connectivity index (χ0) is 23.2. The molecule has 1 fully saturated rings. The Kier molecular flexibility index (Phi) is 5.56. The number of benzene rings is 1. The molecule has 1 unspecified atom stereocenters. The molecule has 2 aromatic rings. The molecular weight excluding hydrogens is 434 g/mol. The molecule has 176 valence electrons. The van der Waals surface area contributed by atoms with Gasteiger partial charge in [0.25, 0.3) is 11.8 Å². The number of anilines is 1. The molecule has 1 spiro atoms. The van der Waals surface area contributed by atoms with Gasteiger partial charge in [0, 0.05) is 37.9 Å². The van der Waals surface area contributed by atoms with E-state index in [0.717, 1.165) is 19.5 Å². The minimum atomic E-state index is -2.92. The van der Waals surface area contributed by atoms with Gasteiger partial charge in [-0.05, 0) is 23.6 Å². The molecule has 5 rings (SSSR count). The van der Waals surface area contributed by atoms with E-state index in [4.69, 9.17) is 4.74 Å². The molecule has 4 N–H and O–H groups in total. The van der Waals surface area contributed by atoms with Gasteiger partial charge < -0.3 is 20.3 Å². The maximum absolute atomic E-state index is 13.3. The van der Waals surface area contributed by atoms with Crippen LogP contribution in [0.3, 0.4) is 0 Å². The second-order valence-corrected chi connectivity index (χ2v) is 9.10. The van der Waals surface area contributed by atoms with E-state index in [-0.39, 0.29) is 18.1 Å². The number of ether oxygens (including phenoxy) is 1. The van der Waals surface area contributed by atoms with E-state index in [2.05, 4.69) is 32.7 Å². The number of aliphatic hydroxyl groups is 2. The second kappa shape index (κ2) is 8.28. The van der Waals surface area contributed by atoms with Gasteiger partial charge in [-0.1, -0.05) is 24.3 Å². The zero-order valence-corrected chi connectivity index (χ0v) is 17.9. The summed E-state index contributed by atoms with van der Waals surface area (Å²) in [5.41, 5.74) is 1.59. The van der Waals surface area contributed by atoms with Gasteiger partial charge in [-0.2, -0.15) is 0 Å². The first-order valence-electron chi connectivity index (χ1n) is 11.0. The predicted molar refractivity (Wildman–Crippen MR) is 115 cm³/mol. The number of nitrogens with zero attached hydrogens (tertiary/aromatic N) is 2. The number of hydrogen-bond acceptors (Lipinski definition) is 7. The number of carbonyl (C=O) groups is 1. The fourth-order valence-electron chi connectivity index (χ4n) is 4.71. The van der Waals surface area contributed by atoms with Crippen molar-refractivity contribution in [1.82, 2.24) is 15.2 Å². The first-order chi connectivity index (χ1) is 15.7. The van der Waals surface area contributed by atoms with Crippen molar-refractivity contribution in [2.24, 2.45) is 0 Å². The number of aromatic nitrogens is 1.